The fraction of sp³-hybridized carbons (Fsp3) is 0.600. The average molecular weight is 208 g/mol. The summed E-state index contributed by atoms with van der Waals surface area (Å²) in [5.74, 6) is 0.173. The van der Waals surface area contributed by atoms with Gasteiger partial charge >= 0.3 is 0 Å². The van der Waals surface area contributed by atoms with E-state index in [2.05, 4.69) is 10.3 Å². The summed E-state index contributed by atoms with van der Waals surface area (Å²) in [6.45, 7) is 1.59. The Balaban J connectivity index is 1.57. The number of carbonyl (C=O) groups is 1. The number of carbonyl (C=O) groups excluding carboxylic acids is 1. The number of amides is 1. The van der Waals surface area contributed by atoms with Gasteiger partial charge in [0, 0.05) is 31.5 Å². The van der Waals surface area contributed by atoms with Gasteiger partial charge in [-0.2, -0.15) is 0 Å². The van der Waals surface area contributed by atoms with Crippen molar-refractivity contribution >= 4 is 5.91 Å². The Bertz CT molecular complexity index is 322. The lowest BCUT2D eigenvalue weighted by atomic mass is 10.3. The highest BCUT2D eigenvalue weighted by atomic mass is 16.2. The minimum atomic E-state index is 0.0678. The zero-order valence-corrected chi connectivity index (χ0v) is 8.60. The van der Waals surface area contributed by atoms with Crippen molar-refractivity contribution in [1.29, 1.82) is 0 Å². The molecule has 1 saturated carbocycles. The third-order valence-electron chi connectivity index (χ3n) is 2.63. The molecule has 1 aromatic heterocycles. The summed E-state index contributed by atoms with van der Waals surface area (Å²) in [5, 5.41) is 2.88. The number of nitrogens with one attached hydrogen (secondary N) is 1. The van der Waals surface area contributed by atoms with Gasteiger partial charge in [-0.15, -0.1) is 0 Å². The third-order valence-corrected chi connectivity index (χ3v) is 2.63. The van der Waals surface area contributed by atoms with E-state index < -0.39 is 0 Å². The molecule has 15 heavy (non-hydrogen) atoms. The molecule has 0 saturated heterocycles. The van der Waals surface area contributed by atoms with Crippen LogP contribution in [0, 0.1) is 5.92 Å². The highest BCUT2D eigenvalue weighted by molar-refractivity contribution is 5.82. The van der Waals surface area contributed by atoms with E-state index in [1.807, 2.05) is 10.8 Å². The van der Waals surface area contributed by atoms with E-state index in [9.17, 15) is 4.79 Å². The molecule has 0 bridgehead atoms. The van der Waals surface area contributed by atoms with Crippen LogP contribution in [0.4, 0.5) is 0 Å². The molecular weight excluding hydrogens is 192 g/mol. The summed E-state index contributed by atoms with van der Waals surface area (Å²) < 4.78 is 2.00. The molecule has 2 atom stereocenters. The van der Waals surface area contributed by atoms with Crippen molar-refractivity contribution < 1.29 is 4.79 Å². The van der Waals surface area contributed by atoms with Gasteiger partial charge in [0.1, 0.15) is 0 Å². The first-order valence-electron chi connectivity index (χ1n) is 5.26. The number of imidazole rings is 1. The molecule has 0 aromatic carbocycles. The quantitative estimate of drug-likeness (QED) is 0.655. The van der Waals surface area contributed by atoms with Crippen LogP contribution in [0.25, 0.3) is 0 Å². The Morgan fingerprint density at radius 1 is 1.67 bits per heavy atom. The standard InChI is InChI=1S/C10H16N4O/c11-9-6-8(9)10(15)13-2-1-4-14-5-3-12-7-14/h3,5,7-9H,1-2,4,6,11H2,(H,13,15). The lowest BCUT2D eigenvalue weighted by molar-refractivity contribution is -0.122. The molecule has 2 rings (SSSR count). The van der Waals surface area contributed by atoms with Crippen LogP contribution >= 0.6 is 0 Å². The molecule has 1 heterocycles. The monoisotopic (exact) mass is 208 g/mol. The summed E-state index contributed by atoms with van der Waals surface area (Å²) in [4.78, 5) is 15.3. The molecule has 3 N–H and O–H groups in total. The smallest absolute Gasteiger partial charge is 0.224 e. The fourth-order valence-corrected chi connectivity index (χ4v) is 1.54. The molecule has 1 aromatic rings. The van der Waals surface area contributed by atoms with Crippen LogP contribution < -0.4 is 11.1 Å². The number of rotatable bonds is 5. The lowest BCUT2D eigenvalue weighted by Crippen LogP contribution is -2.28. The van der Waals surface area contributed by atoms with Gasteiger partial charge in [0.25, 0.3) is 0 Å². The number of nitrogens with zero attached hydrogens (tertiary/aromatic N) is 2. The maximum atomic E-state index is 11.4. The molecule has 0 aliphatic heterocycles. The Morgan fingerprint density at radius 2 is 2.47 bits per heavy atom. The third kappa shape index (κ3) is 2.79. The van der Waals surface area contributed by atoms with Crippen LogP contribution in [0.2, 0.25) is 0 Å². The summed E-state index contributed by atoms with van der Waals surface area (Å²) >= 11 is 0. The molecule has 1 aliphatic carbocycles. The predicted octanol–water partition coefficient (Wildman–Crippen LogP) is -0.263. The normalized spacial score (nSPS) is 23.8. The molecular formula is C10H16N4O. The molecule has 0 spiro atoms. The second-order valence-corrected chi connectivity index (χ2v) is 3.95. The van der Waals surface area contributed by atoms with E-state index >= 15 is 0 Å². The predicted molar refractivity (Wildman–Crippen MR) is 55.9 cm³/mol. The van der Waals surface area contributed by atoms with E-state index in [0.29, 0.717) is 6.54 Å². The van der Waals surface area contributed by atoms with Crippen molar-refractivity contribution in [3.63, 3.8) is 0 Å². The van der Waals surface area contributed by atoms with Gasteiger partial charge in [-0.05, 0) is 12.8 Å². The molecule has 1 aliphatic rings. The minimum Gasteiger partial charge on any atom is -0.356 e. The van der Waals surface area contributed by atoms with Gasteiger partial charge in [-0.25, -0.2) is 4.98 Å². The van der Waals surface area contributed by atoms with Crippen molar-refractivity contribution in [1.82, 2.24) is 14.9 Å². The second kappa shape index (κ2) is 4.44. The summed E-state index contributed by atoms with van der Waals surface area (Å²) in [6.07, 6.45) is 7.20. The first kappa shape index (κ1) is 10.2. The first-order valence-corrected chi connectivity index (χ1v) is 5.26. The molecule has 5 nitrogen and oxygen atoms in total. The molecule has 2 unspecified atom stereocenters. The van der Waals surface area contributed by atoms with E-state index in [4.69, 9.17) is 5.73 Å². The second-order valence-electron chi connectivity index (χ2n) is 3.95. The Hall–Kier alpha value is -1.36. The number of hydrogen-bond acceptors (Lipinski definition) is 3. The van der Waals surface area contributed by atoms with Gasteiger partial charge in [-0.1, -0.05) is 0 Å². The van der Waals surface area contributed by atoms with Crippen LogP contribution in [0.3, 0.4) is 0 Å². The fourth-order valence-electron chi connectivity index (χ4n) is 1.54. The van der Waals surface area contributed by atoms with E-state index in [1.165, 1.54) is 0 Å². The van der Waals surface area contributed by atoms with Crippen molar-refractivity contribution in [2.24, 2.45) is 11.7 Å². The largest absolute Gasteiger partial charge is 0.356 e. The molecule has 0 radical (unpaired) electrons. The molecule has 1 amide bonds. The summed E-state index contributed by atoms with van der Waals surface area (Å²) in [7, 11) is 0. The van der Waals surface area contributed by atoms with Crippen LogP contribution in [0.15, 0.2) is 18.7 Å². The van der Waals surface area contributed by atoms with Crippen molar-refractivity contribution in [3.8, 4) is 0 Å². The maximum absolute atomic E-state index is 11.4. The highest BCUT2D eigenvalue weighted by Crippen LogP contribution is 2.27. The Kier molecular flexibility index (Phi) is 3.01. The van der Waals surface area contributed by atoms with Crippen molar-refractivity contribution in [2.45, 2.75) is 25.4 Å². The van der Waals surface area contributed by atoms with Crippen molar-refractivity contribution in [2.75, 3.05) is 6.54 Å². The number of nitrogens with two attached hydrogens (primary N) is 1. The number of aryl methyl sites for hydroxylation is 1. The Morgan fingerprint density at radius 3 is 3.07 bits per heavy atom. The summed E-state index contributed by atoms with van der Waals surface area (Å²) in [6, 6.07) is 0.0960. The van der Waals surface area contributed by atoms with Crippen molar-refractivity contribution in [3.05, 3.63) is 18.7 Å². The van der Waals surface area contributed by atoms with Crippen LogP contribution in [-0.4, -0.2) is 28.0 Å². The zero-order chi connectivity index (χ0) is 10.7. The lowest BCUT2D eigenvalue weighted by Gasteiger charge is -2.04. The zero-order valence-electron chi connectivity index (χ0n) is 8.60. The topological polar surface area (TPSA) is 72.9 Å². The van der Waals surface area contributed by atoms with Gasteiger partial charge in [0.05, 0.1) is 12.2 Å². The molecule has 82 valence electrons. The van der Waals surface area contributed by atoms with Crippen LogP contribution in [0.1, 0.15) is 12.8 Å². The molecule has 1 fully saturated rings. The SMILES string of the molecule is NC1CC1C(=O)NCCCn1ccnc1. The van der Waals surface area contributed by atoms with Gasteiger partial charge in [0.2, 0.25) is 5.91 Å². The van der Waals surface area contributed by atoms with Gasteiger partial charge < -0.3 is 15.6 Å². The van der Waals surface area contributed by atoms with E-state index in [0.717, 1.165) is 19.4 Å². The maximum Gasteiger partial charge on any atom is 0.224 e. The Labute approximate surface area is 88.7 Å². The highest BCUT2D eigenvalue weighted by Gasteiger charge is 2.39. The van der Waals surface area contributed by atoms with Crippen LogP contribution in [0.5, 0.6) is 0 Å². The van der Waals surface area contributed by atoms with Crippen LogP contribution in [-0.2, 0) is 11.3 Å². The van der Waals surface area contributed by atoms with Gasteiger partial charge in [-0.3, -0.25) is 4.79 Å². The molecule has 5 heteroatoms. The average Bonchev–Trinajstić information content (AvgIpc) is 2.77. The number of aromatic nitrogens is 2. The van der Waals surface area contributed by atoms with E-state index in [-0.39, 0.29) is 17.9 Å². The van der Waals surface area contributed by atoms with E-state index in [1.54, 1.807) is 12.5 Å². The first-order chi connectivity index (χ1) is 7.27. The summed E-state index contributed by atoms with van der Waals surface area (Å²) in [5.41, 5.74) is 5.58. The number of hydrogen-bond donors (Lipinski definition) is 2. The minimum absolute atomic E-state index is 0.0678. The van der Waals surface area contributed by atoms with Gasteiger partial charge in [0.15, 0.2) is 0 Å².